The molecule has 0 amide bonds. The van der Waals surface area contributed by atoms with Gasteiger partial charge in [0, 0.05) is 17.0 Å². The minimum Gasteiger partial charge on any atom is -0.487 e. The van der Waals surface area contributed by atoms with Crippen molar-refractivity contribution in [3.8, 4) is 5.75 Å². The number of halogens is 1. The molecule has 0 radical (unpaired) electrons. The Balaban J connectivity index is 2.04. The second-order valence-electron chi connectivity index (χ2n) is 4.73. The lowest BCUT2D eigenvalue weighted by Gasteiger charge is -2.14. The first kappa shape index (κ1) is 15.4. The van der Waals surface area contributed by atoms with Crippen molar-refractivity contribution in [2.24, 2.45) is 0 Å². The number of ether oxygens (including phenoxy) is 1. The molecule has 0 fully saturated rings. The van der Waals surface area contributed by atoms with Gasteiger partial charge >= 0.3 is 0 Å². The first-order valence-electron chi connectivity index (χ1n) is 6.87. The van der Waals surface area contributed by atoms with E-state index in [1.54, 1.807) is 11.3 Å². The van der Waals surface area contributed by atoms with Crippen LogP contribution in [0.15, 0.2) is 30.3 Å². The Morgan fingerprint density at radius 1 is 1.25 bits per heavy atom. The van der Waals surface area contributed by atoms with Gasteiger partial charge in [0.05, 0.1) is 4.34 Å². The average Bonchev–Trinajstić information content (AvgIpc) is 2.84. The maximum Gasteiger partial charge on any atom is 0.127 e. The summed E-state index contributed by atoms with van der Waals surface area (Å²) < 4.78 is 6.81. The fraction of sp³-hybridized carbons (Fsp3) is 0.375. The highest BCUT2D eigenvalue weighted by Gasteiger charge is 2.08. The van der Waals surface area contributed by atoms with E-state index in [-0.39, 0.29) is 0 Å². The molecule has 2 rings (SSSR count). The average molecular weight is 310 g/mol. The van der Waals surface area contributed by atoms with Gasteiger partial charge in [-0.25, -0.2) is 0 Å². The Bertz CT molecular complexity index is 553. The summed E-state index contributed by atoms with van der Waals surface area (Å²) in [5.74, 6) is 0.987. The molecule has 1 aromatic heterocycles. The molecule has 4 heteroatoms. The molecule has 0 aliphatic carbocycles. The van der Waals surface area contributed by atoms with Crippen molar-refractivity contribution in [1.29, 1.82) is 0 Å². The quantitative estimate of drug-likeness (QED) is 0.743. The van der Waals surface area contributed by atoms with E-state index in [1.165, 1.54) is 11.1 Å². The van der Waals surface area contributed by atoms with Crippen molar-refractivity contribution in [1.82, 2.24) is 5.32 Å². The van der Waals surface area contributed by atoms with Gasteiger partial charge in [0.2, 0.25) is 0 Å². The first-order chi connectivity index (χ1) is 9.70. The number of thiophene rings is 1. The van der Waals surface area contributed by atoms with Gasteiger partial charge in [0.15, 0.2) is 0 Å². The van der Waals surface area contributed by atoms with E-state index in [0.29, 0.717) is 6.61 Å². The monoisotopic (exact) mass is 309 g/mol. The highest BCUT2D eigenvalue weighted by Crippen LogP contribution is 2.27. The second-order valence-corrected chi connectivity index (χ2v) is 6.53. The van der Waals surface area contributed by atoms with E-state index in [1.807, 2.05) is 12.1 Å². The Morgan fingerprint density at radius 2 is 2.10 bits per heavy atom. The van der Waals surface area contributed by atoms with Gasteiger partial charge in [-0.15, -0.1) is 11.3 Å². The Labute approximate surface area is 129 Å². The normalized spacial score (nSPS) is 10.8. The van der Waals surface area contributed by atoms with Crippen LogP contribution < -0.4 is 10.1 Å². The molecule has 1 heterocycles. The summed E-state index contributed by atoms with van der Waals surface area (Å²) in [6.45, 7) is 6.69. The zero-order valence-electron chi connectivity index (χ0n) is 11.9. The topological polar surface area (TPSA) is 21.3 Å². The minimum atomic E-state index is 0.572. The molecule has 0 spiro atoms. The summed E-state index contributed by atoms with van der Waals surface area (Å²) in [6.07, 6.45) is 1.13. The van der Waals surface area contributed by atoms with Gasteiger partial charge in [-0.2, -0.15) is 0 Å². The third kappa shape index (κ3) is 4.23. The molecule has 20 heavy (non-hydrogen) atoms. The maximum absolute atomic E-state index is 6.01. The van der Waals surface area contributed by atoms with Crippen molar-refractivity contribution in [3.05, 3.63) is 50.7 Å². The molecule has 108 valence electrons. The molecule has 1 aromatic carbocycles. The number of hydrogen-bond acceptors (Lipinski definition) is 3. The molecule has 1 N–H and O–H groups in total. The largest absolute Gasteiger partial charge is 0.487 e. The summed E-state index contributed by atoms with van der Waals surface area (Å²) >= 11 is 7.51. The van der Waals surface area contributed by atoms with Gasteiger partial charge in [0.1, 0.15) is 12.4 Å². The predicted molar refractivity (Wildman–Crippen MR) is 86.8 cm³/mol. The summed E-state index contributed by atoms with van der Waals surface area (Å²) in [6, 6.07) is 10.2. The van der Waals surface area contributed by atoms with Crippen molar-refractivity contribution >= 4 is 22.9 Å². The highest BCUT2D eigenvalue weighted by atomic mass is 35.5. The fourth-order valence-electron chi connectivity index (χ4n) is 2.03. The number of benzene rings is 1. The molecular weight excluding hydrogens is 290 g/mol. The molecule has 0 aliphatic heterocycles. The Hall–Kier alpha value is -1.03. The fourth-order valence-corrected chi connectivity index (χ4v) is 3.03. The van der Waals surface area contributed by atoms with Crippen LogP contribution in [0.2, 0.25) is 4.34 Å². The zero-order chi connectivity index (χ0) is 14.4. The number of rotatable bonds is 7. The molecule has 2 nitrogen and oxygen atoms in total. The number of hydrogen-bond donors (Lipinski definition) is 1. The summed E-state index contributed by atoms with van der Waals surface area (Å²) in [4.78, 5) is 1.14. The van der Waals surface area contributed by atoms with Gasteiger partial charge in [0.25, 0.3) is 0 Å². The standard InChI is InChI=1S/C16H20ClNOS/c1-3-9-18-10-13-6-4-5-12(2)16(13)19-11-14-7-8-15(17)20-14/h4-8,18H,3,9-11H2,1-2H3. The number of nitrogens with one attached hydrogen (secondary N) is 1. The van der Waals surface area contributed by atoms with E-state index in [0.717, 1.165) is 34.5 Å². The smallest absolute Gasteiger partial charge is 0.127 e. The maximum atomic E-state index is 6.01. The number of aryl methyl sites for hydroxylation is 1. The molecule has 0 bridgehead atoms. The van der Waals surface area contributed by atoms with E-state index in [4.69, 9.17) is 16.3 Å². The van der Waals surface area contributed by atoms with Crippen LogP contribution in [0.3, 0.4) is 0 Å². The Kier molecular flexibility index (Phi) is 5.89. The van der Waals surface area contributed by atoms with Crippen molar-refractivity contribution in [2.45, 2.75) is 33.4 Å². The lowest BCUT2D eigenvalue weighted by molar-refractivity contribution is 0.303. The molecule has 0 unspecified atom stereocenters. The number of para-hydroxylation sites is 1. The molecule has 2 aromatic rings. The predicted octanol–water partition coefficient (Wildman–Crippen LogP) is 4.79. The van der Waals surface area contributed by atoms with E-state index in [9.17, 15) is 0 Å². The summed E-state index contributed by atoms with van der Waals surface area (Å²) in [5.41, 5.74) is 2.38. The van der Waals surface area contributed by atoms with Crippen molar-refractivity contribution < 1.29 is 4.74 Å². The lowest BCUT2D eigenvalue weighted by Crippen LogP contribution is -2.15. The van der Waals surface area contributed by atoms with E-state index in [2.05, 4.69) is 37.4 Å². The molecule has 0 aliphatic rings. The van der Waals surface area contributed by atoms with Crippen molar-refractivity contribution in [3.63, 3.8) is 0 Å². The molecular formula is C16H20ClNOS. The zero-order valence-corrected chi connectivity index (χ0v) is 13.5. The highest BCUT2D eigenvalue weighted by molar-refractivity contribution is 7.16. The van der Waals surface area contributed by atoms with Crippen LogP contribution in [0.4, 0.5) is 0 Å². The minimum absolute atomic E-state index is 0.572. The van der Waals surface area contributed by atoms with Crippen LogP contribution in [-0.4, -0.2) is 6.54 Å². The lowest BCUT2D eigenvalue weighted by atomic mass is 10.1. The second kappa shape index (κ2) is 7.67. The van der Waals surface area contributed by atoms with Crippen molar-refractivity contribution in [2.75, 3.05) is 6.54 Å². The van der Waals surface area contributed by atoms with Gasteiger partial charge in [-0.3, -0.25) is 0 Å². The SMILES string of the molecule is CCCNCc1cccc(C)c1OCc1ccc(Cl)s1. The van der Waals surface area contributed by atoms with Crippen LogP contribution in [-0.2, 0) is 13.2 Å². The van der Waals surface area contributed by atoms with E-state index >= 15 is 0 Å². The van der Waals surface area contributed by atoms with Crippen LogP contribution >= 0.6 is 22.9 Å². The van der Waals surface area contributed by atoms with Crippen LogP contribution in [0.25, 0.3) is 0 Å². The Morgan fingerprint density at radius 3 is 2.80 bits per heavy atom. The third-order valence-corrected chi connectivity index (χ3v) is 4.23. The summed E-state index contributed by atoms with van der Waals surface area (Å²) in [5, 5.41) is 3.42. The van der Waals surface area contributed by atoms with Crippen LogP contribution in [0.5, 0.6) is 5.75 Å². The molecule has 0 atom stereocenters. The first-order valence-corrected chi connectivity index (χ1v) is 8.06. The summed E-state index contributed by atoms with van der Waals surface area (Å²) in [7, 11) is 0. The van der Waals surface area contributed by atoms with Gasteiger partial charge < -0.3 is 10.1 Å². The molecule has 0 saturated heterocycles. The van der Waals surface area contributed by atoms with Crippen LogP contribution in [0.1, 0.15) is 29.3 Å². The third-order valence-electron chi connectivity index (χ3n) is 3.02. The van der Waals surface area contributed by atoms with Crippen LogP contribution in [0, 0.1) is 6.92 Å². The van der Waals surface area contributed by atoms with E-state index < -0.39 is 0 Å². The van der Waals surface area contributed by atoms with Gasteiger partial charge in [-0.05, 0) is 37.6 Å². The molecule has 0 saturated carbocycles. The van der Waals surface area contributed by atoms with Gasteiger partial charge in [-0.1, -0.05) is 36.7 Å².